The van der Waals surface area contributed by atoms with E-state index < -0.39 is 23.2 Å². The molecule has 8 heteroatoms. The molecule has 4 N–H and O–H groups in total. The molecule has 6 nitrogen and oxygen atoms in total. The topological polar surface area (TPSA) is 101 Å². The lowest BCUT2D eigenvalue weighted by atomic mass is 9.87. The Bertz CT molecular complexity index is 1110. The van der Waals surface area contributed by atoms with Crippen molar-refractivity contribution in [2.75, 3.05) is 0 Å². The number of benzene rings is 2. The zero-order valence-corrected chi connectivity index (χ0v) is 16.1. The summed E-state index contributed by atoms with van der Waals surface area (Å²) in [6.07, 6.45) is 2.44. The number of aromatic amines is 1. The number of hydrogen-bond acceptors (Lipinski definition) is 3. The first kappa shape index (κ1) is 19.1. The Morgan fingerprint density at radius 3 is 2.83 bits per heavy atom. The van der Waals surface area contributed by atoms with Crippen molar-refractivity contribution in [3.05, 3.63) is 76.2 Å². The van der Waals surface area contributed by atoms with Crippen molar-refractivity contribution >= 4 is 23.4 Å². The highest BCUT2D eigenvalue weighted by atomic mass is 35.5. The zero-order valence-electron chi connectivity index (χ0n) is 15.3. The summed E-state index contributed by atoms with van der Waals surface area (Å²) in [5.41, 5.74) is 6.96. The number of nitrogens with zero attached hydrogens (tertiary/aromatic N) is 1. The lowest BCUT2D eigenvalue weighted by molar-refractivity contribution is -0.119. The van der Waals surface area contributed by atoms with Crippen molar-refractivity contribution in [1.82, 2.24) is 15.5 Å². The van der Waals surface area contributed by atoms with E-state index in [1.54, 1.807) is 30.3 Å². The van der Waals surface area contributed by atoms with Crippen molar-refractivity contribution in [1.29, 1.82) is 0 Å². The van der Waals surface area contributed by atoms with Crippen molar-refractivity contribution in [2.45, 2.75) is 24.8 Å². The van der Waals surface area contributed by atoms with Gasteiger partial charge in [0.25, 0.3) is 5.91 Å². The Morgan fingerprint density at radius 1 is 1.28 bits per heavy atom. The van der Waals surface area contributed by atoms with Gasteiger partial charge in [0.15, 0.2) is 0 Å². The number of carbonyl (C=O) groups is 2. The first-order chi connectivity index (χ1) is 13.9. The number of H-pyrrole nitrogens is 1. The standard InChI is InChI=1S/C21H18ClFN4O2/c22-13-6-5-12-7-8-21(10-18(24)28,16(12)9-13)26-20(29)15-11-25-27-19(15)14-3-1-2-4-17(14)23/h1-6,9,11H,7-8,10H2,(H2,24,28)(H,25,27)(H,26,29)/t21-/m0/s1. The number of aryl methyl sites for hydroxylation is 1. The van der Waals surface area contributed by atoms with Crippen LogP contribution in [0, 0.1) is 5.82 Å². The zero-order chi connectivity index (χ0) is 20.6. The Morgan fingerprint density at radius 2 is 2.07 bits per heavy atom. The number of aromatic nitrogens is 2. The van der Waals surface area contributed by atoms with Gasteiger partial charge < -0.3 is 11.1 Å². The molecule has 1 aromatic heterocycles. The molecule has 1 heterocycles. The third-order valence-electron chi connectivity index (χ3n) is 5.26. The van der Waals surface area contributed by atoms with Crippen molar-refractivity contribution in [3.63, 3.8) is 0 Å². The molecule has 1 aliphatic rings. The summed E-state index contributed by atoms with van der Waals surface area (Å²) in [6.45, 7) is 0. The van der Waals surface area contributed by atoms with Gasteiger partial charge in [-0.15, -0.1) is 0 Å². The van der Waals surface area contributed by atoms with Crippen molar-refractivity contribution < 1.29 is 14.0 Å². The van der Waals surface area contributed by atoms with E-state index in [9.17, 15) is 14.0 Å². The van der Waals surface area contributed by atoms with E-state index in [0.29, 0.717) is 17.9 Å². The third-order valence-corrected chi connectivity index (χ3v) is 5.50. The first-order valence-corrected chi connectivity index (χ1v) is 9.45. The van der Waals surface area contributed by atoms with Gasteiger partial charge in [-0.25, -0.2) is 4.39 Å². The quantitative estimate of drug-likeness (QED) is 0.599. The number of nitrogens with one attached hydrogen (secondary N) is 2. The van der Waals surface area contributed by atoms with E-state index in [1.807, 2.05) is 6.07 Å². The van der Waals surface area contributed by atoms with Gasteiger partial charge in [0.05, 0.1) is 29.4 Å². The van der Waals surface area contributed by atoms with E-state index in [4.69, 9.17) is 17.3 Å². The Balaban J connectivity index is 1.73. The molecule has 0 spiro atoms. The van der Waals surface area contributed by atoms with Crippen LogP contribution in [0.2, 0.25) is 5.02 Å². The summed E-state index contributed by atoms with van der Waals surface area (Å²) in [7, 11) is 0. The van der Waals surface area contributed by atoms with Crippen LogP contribution in [0.25, 0.3) is 11.3 Å². The Kier molecular flexibility index (Phi) is 4.84. The normalized spacial score (nSPS) is 17.7. The molecule has 0 saturated heterocycles. The maximum Gasteiger partial charge on any atom is 0.255 e. The van der Waals surface area contributed by atoms with Crippen LogP contribution in [-0.2, 0) is 16.8 Å². The largest absolute Gasteiger partial charge is 0.370 e. The van der Waals surface area contributed by atoms with Crippen LogP contribution in [-0.4, -0.2) is 22.0 Å². The molecule has 0 fully saturated rings. The van der Waals surface area contributed by atoms with Gasteiger partial charge >= 0.3 is 0 Å². The van der Waals surface area contributed by atoms with Gasteiger partial charge in [-0.3, -0.25) is 14.7 Å². The number of hydrogen-bond donors (Lipinski definition) is 3. The molecule has 0 saturated carbocycles. The molecule has 0 aliphatic heterocycles. The third kappa shape index (κ3) is 3.49. The van der Waals surface area contributed by atoms with Gasteiger partial charge in [-0.2, -0.15) is 5.10 Å². The molecule has 4 rings (SSSR count). The second-order valence-electron chi connectivity index (χ2n) is 7.12. The summed E-state index contributed by atoms with van der Waals surface area (Å²) in [6, 6.07) is 11.5. The molecule has 29 heavy (non-hydrogen) atoms. The van der Waals surface area contributed by atoms with Gasteiger partial charge in [-0.1, -0.05) is 29.8 Å². The molecule has 0 radical (unpaired) electrons. The first-order valence-electron chi connectivity index (χ1n) is 9.07. The lowest BCUT2D eigenvalue weighted by Gasteiger charge is -2.31. The van der Waals surface area contributed by atoms with Crippen LogP contribution >= 0.6 is 11.6 Å². The molecule has 0 unspecified atom stereocenters. The molecule has 3 aromatic rings. The van der Waals surface area contributed by atoms with E-state index in [1.165, 1.54) is 12.3 Å². The Hall–Kier alpha value is -3.19. The predicted octanol–water partition coefficient (Wildman–Crippen LogP) is 3.32. The molecule has 2 aromatic carbocycles. The average molecular weight is 413 g/mol. The van der Waals surface area contributed by atoms with Gasteiger partial charge in [-0.05, 0) is 48.2 Å². The molecular weight excluding hydrogens is 395 g/mol. The summed E-state index contributed by atoms with van der Waals surface area (Å²) >= 11 is 6.16. The van der Waals surface area contributed by atoms with E-state index in [0.717, 1.165) is 11.1 Å². The lowest BCUT2D eigenvalue weighted by Crippen LogP contribution is -2.47. The van der Waals surface area contributed by atoms with Crippen LogP contribution in [0.5, 0.6) is 0 Å². The molecule has 1 aliphatic carbocycles. The van der Waals surface area contributed by atoms with Gasteiger partial charge in [0.2, 0.25) is 5.91 Å². The Labute approximate surface area is 171 Å². The molecule has 2 amide bonds. The second kappa shape index (κ2) is 7.33. The van der Waals surface area contributed by atoms with E-state index in [-0.39, 0.29) is 23.2 Å². The van der Waals surface area contributed by atoms with Gasteiger partial charge in [0, 0.05) is 10.6 Å². The van der Waals surface area contributed by atoms with Crippen LogP contribution in [0.4, 0.5) is 4.39 Å². The van der Waals surface area contributed by atoms with Crippen LogP contribution in [0.3, 0.4) is 0 Å². The summed E-state index contributed by atoms with van der Waals surface area (Å²) in [5, 5.41) is 10.1. The number of halogens is 2. The number of nitrogens with two attached hydrogens (primary N) is 1. The molecular formula is C21H18ClFN4O2. The average Bonchev–Trinajstić information content (AvgIpc) is 3.28. The monoisotopic (exact) mass is 412 g/mol. The minimum absolute atomic E-state index is 0.0705. The maximum absolute atomic E-state index is 14.2. The number of carbonyl (C=O) groups excluding carboxylic acids is 2. The molecule has 148 valence electrons. The SMILES string of the molecule is NC(=O)C[C@@]1(NC(=O)c2cn[nH]c2-c2ccccc2F)CCc2ccc(Cl)cc21. The minimum atomic E-state index is -0.979. The maximum atomic E-state index is 14.2. The van der Waals surface area contributed by atoms with E-state index in [2.05, 4.69) is 15.5 Å². The van der Waals surface area contributed by atoms with Crippen LogP contribution < -0.4 is 11.1 Å². The van der Waals surface area contributed by atoms with E-state index >= 15 is 0 Å². The minimum Gasteiger partial charge on any atom is -0.370 e. The fraction of sp³-hybridized carbons (Fsp3) is 0.190. The summed E-state index contributed by atoms with van der Waals surface area (Å²) in [5.74, 6) is -1.50. The number of rotatable bonds is 5. The fourth-order valence-electron chi connectivity index (χ4n) is 3.96. The number of primary amides is 1. The van der Waals surface area contributed by atoms with Gasteiger partial charge in [0.1, 0.15) is 5.82 Å². The highest BCUT2D eigenvalue weighted by molar-refractivity contribution is 6.30. The van der Waals surface area contributed by atoms with Crippen molar-refractivity contribution in [3.8, 4) is 11.3 Å². The smallest absolute Gasteiger partial charge is 0.255 e. The fourth-order valence-corrected chi connectivity index (χ4v) is 4.13. The van der Waals surface area contributed by atoms with Crippen LogP contribution in [0.15, 0.2) is 48.7 Å². The van der Waals surface area contributed by atoms with Crippen molar-refractivity contribution in [2.24, 2.45) is 5.73 Å². The highest BCUT2D eigenvalue weighted by Gasteiger charge is 2.42. The second-order valence-corrected chi connectivity index (χ2v) is 7.56. The number of amides is 2. The number of fused-ring (bicyclic) bond motifs is 1. The van der Waals surface area contributed by atoms with Crippen LogP contribution in [0.1, 0.15) is 34.3 Å². The summed E-state index contributed by atoms with van der Waals surface area (Å²) < 4.78 is 14.2. The molecule has 1 atom stereocenters. The molecule has 0 bridgehead atoms. The summed E-state index contributed by atoms with van der Waals surface area (Å²) in [4.78, 5) is 25.0. The highest BCUT2D eigenvalue weighted by Crippen LogP contribution is 2.41. The predicted molar refractivity (Wildman–Crippen MR) is 107 cm³/mol.